The molecule has 2 rings (SSSR count). The van der Waals surface area contributed by atoms with E-state index >= 15 is 0 Å². The van der Waals surface area contributed by atoms with Gasteiger partial charge in [0.25, 0.3) is 0 Å². The van der Waals surface area contributed by atoms with Crippen molar-refractivity contribution >= 4 is 0 Å². The van der Waals surface area contributed by atoms with Crippen LogP contribution in [0, 0.1) is 5.92 Å². The van der Waals surface area contributed by atoms with Gasteiger partial charge in [0, 0.05) is 5.54 Å². The van der Waals surface area contributed by atoms with Crippen molar-refractivity contribution in [1.29, 1.82) is 0 Å². The van der Waals surface area contributed by atoms with Gasteiger partial charge in [-0.1, -0.05) is 38.1 Å². The monoisotopic (exact) mass is 289 g/mol. The fraction of sp³-hybridized carbons (Fsp3) is 0.667. The summed E-state index contributed by atoms with van der Waals surface area (Å²) >= 11 is 0. The zero-order chi connectivity index (χ0) is 15.5. The van der Waals surface area contributed by atoms with Crippen LogP contribution < -0.4 is 11.3 Å². The molecule has 0 amide bonds. The van der Waals surface area contributed by atoms with Gasteiger partial charge in [0.2, 0.25) is 0 Å². The lowest BCUT2D eigenvalue weighted by Crippen LogP contribution is -2.53. The predicted octanol–water partition coefficient (Wildman–Crippen LogP) is 3.26. The maximum Gasteiger partial charge on any atom is 0.0638 e. The third-order valence-electron chi connectivity index (χ3n) is 4.72. The average molecular weight is 289 g/mol. The van der Waals surface area contributed by atoms with Gasteiger partial charge in [-0.2, -0.15) is 0 Å². The molecule has 1 unspecified atom stereocenters. The van der Waals surface area contributed by atoms with Gasteiger partial charge < -0.3 is 0 Å². The molecule has 1 fully saturated rings. The summed E-state index contributed by atoms with van der Waals surface area (Å²) in [5.74, 6) is 6.61. The van der Waals surface area contributed by atoms with Gasteiger partial charge >= 0.3 is 0 Å². The minimum atomic E-state index is 0.0295. The second-order valence-corrected chi connectivity index (χ2v) is 7.29. The highest BCUT2D eigenvalue weighted by Gasteiger charge is 2.37. The van der Waals surface area contributed by atoms with Gasteiger partial charge in [0.05, 0.1) is 6.04 Å². The van der Waals surface area contributed by atoms with Gasteiger partial charge in [-0.15, -0.1) is 0 Å². The first-order valence-electron chi connectivity index (χ1n) is 8.25. The molecule has 1 atom stereocenters. The summed E-state index contributed by atoms with van der Waals surface area (Å²) < 4.78 is 0. The van der Waals surface area contributed by atoms with E-state index in [0.29, 0.717) is 5.92 Å². The summed E-state index contributed by atoms with van der Waals surface area (Å²) in [5, 5.41) is 0. The Morgan fingerprint density at radius 2 is 1.90 bits per heavy atom. The molecule has 0 spiro atoms. The standard InChI is InChI=1S/C18H31N3/c1-14(2)12-15-8-7-9-16(13-15)17(20-19)18(3,4)21-10-5-6-11-21/h7-9,13-14,17,20H,5-6,10-12,19H2,1-4H3. The zero-order valence-electron chi connectivity index (χ0n) is 14.0. The molecule has 1 heterocycles. The Bertz CT molecular complexity index is 448. The van der Waals surface area contributed by atoms with Crippen molar-refractivity contribution in [3.63, 3.8) is 0 Å². The van der Waals surface area contributed by atoms with E-state index in [2.05, 4.69) is 62.3 Å². The molecule has 1 aliphatic heterocycles. The topological polar surface area (TPSA) is 41.3 Å². The van der Waals surface area contributed by atoms with Crippen molar-refractivity contribution in [3.05, 3.63) is 35.4 Å². The lowest BCUT2D eigenvalue weighted by Gasteiger charge is -2.42. The number of nitrogens with one attached hydrogen (secondary N) is 1. The summed E-state index contributed by atoms with van der Waals surface area (Å²) in [6.07, 6.45) is 3.72. The number of nitrogens with zero attached hydrogens (tertiary/aromatic N) is 1. The Morgan fingerprint density at radius 3 is 2.48 bits per heavy atom. The Kier molecular flexibility index (Phi) is 5.42. The first kappa shape index (κ1) is 16.5. The van der Waals surface area contributed by atoms with E-state index in [9.17, 15) is 0 Å². The maximum atomic E-state index is 5.93. The smallest absolute Gasteiger partial charge is 0.0638 e. The molecule has 1 aliphatic rings. The summed E-state index contributed by atoms with van der Waals surface area (Å²) in [6.45, 7) is 11.5. The molecule has 1 aromatic rings. The van der Waals surface area contributed by atoms with E-state index in [0.717, 1.165) is 6.42 Å². The Labute approximate surface area is 129 Å². The molecule has 3 heteroatoms. The molecule has 3 nitrogen and oxygen atoms in total. The van der Waals surface area contributed by atoms with Crippen LogP contribution in [0.15, 0.2) is 24.3 Å². The van der Waals surface area contributed by atoms with Gasteiger partial charge in [-0.3, -0.25) is 16.2 Å². The number of benzene rings is 1. The van der Waals surface area contributed by atoms with Crippen molar-refractivity contribution in [1.82, 2.24) is 10.3 Å². The van der Waals surface area contributed by atoms with Crippen LogP contribution in [0.3, 0.4) is 0 Å². The third-order valence-corrected chi connectivity index (χ3v) is 4.72. The fourth-order valence-corrected chi connectivity index (χ4v) is 3.56. The highest BCUT2D eigenvalue weighted by molar-refractivity contribution is 5.28. The highest BCUT2D eigenvalue weighted by atomic mass is 15.3. The van der Waals surface area contributed by atoms with E-state index in [1.807, 2.05) is 0 Å². The number of likely N-dealkylation sites (tertiary alicyclic amines) is 1. The number of hydrazine groups is 1. The first-order chi connectivity index (χ1) is 9.95. The number of nitrogens with two attached hydrogens (primary N) is 1. The molecule has 118 valence electrons. The lowest BCUT2D eigenvalue weighted by atomic mass is 9.86. The van der Waals surface area contributed by atoms with Crippen molar-refractivity contribution in [2.24, 2.45) is 11.8 Å². The maximum absolute atomic E-state index is 5.93. The van der Waals surface area contributed by atoms with Crippen molar-refractivity contribution in [2.75, 3.05) is 13.1 Å². The van der Waals surface area contributed by atoms with E-state index in [1.54, 1.807) is 0 Å². The van der Waals surface area contributed by atoms with Crippen LogP contribution in [0.4, 0.5) is 0 Å². The molecule has 1 aromatic carbocycles. The quantitative estimate of drug-likeness (QED) is 0.624. The normalized spacial score (nSPS) is 18.4. The molecular formula is C18H31N3. The van der Waals surface area contributed by atoms with Crippen LogP contribution in [0.1, 0.15) is 57.7 Å². The largest absolute Gasteiger partial charge is 0.296 e. The van der Waals surface area contributed by atoms with Crippen molar-refractivity contribution in [3.8, 4) is 0 Å². The van der Waals surface area contributed by atoms with Gasteiger partial charge in [0.1, 0.15) is 0 Å². The second kappa shape index (κ2) is 6.91. The van der Waals surface area contributed by atoms with Crippen molar-refractivity contribution in [2.45, 2.75) is 58.5 Å². The summed E-state index contributed by atoms with van der Waals surface area (Å²) in [5.41, 5.74) is 5.81. The molecule has 1 saturated heterocycles. The summed E-state index contributed by atoms with van der Waals surface area (Å²) in [7, 11) is 0. The number of rotatable bonds is 6. The summed E-state index contributed by atoms with van der Waals surface area (Å²) in [4.78, 5) is 2.56. The first-order valence-corrected chi connectivity index (χ1v) is 8.25. The molecule has 0 bridgehead atoms. The zero-order valence-corrected chi connectivity index (χ0v) is 14.0. The van der Waals surface area contributed by atoms with E-state index < -0.39 is 0 Å². The van der Waals surface area contributed by atoms with Crippen molar-refractivity contribution < 1.29 is 0 Å². The lowest BCUT2D eigenvalue weighted by molar-refractivity contribution is 0.107. The molecular weight excluding hydrogens is 258 g/mol. The fourth-order valence-electron chi connectivity index (χ4n) is 3.56. The Balaban J connectivity index is 2.23. The summed E-state index contributed by atoms with van der Waals surface area (Å²) in [6, 6.07) is 9.06. The molecule has 0 radical (unpaired) electrons. The minimum absolute atomic E-state index is 0.0295. The van der Waals surface area contributed by atoms with Crippen LogP contribution >= 0.6 is 0 Å². The minimum Gasteiger partial charge on any atom is -0.296 e. The third kappa shape index (κ3) is 3.85. The van der Waals surface area contributed by atoms with Crippen LogP contribution in [0.25, 0.3) is 0 Å². The van der Waals surface area contributed by atoms with Gasteiger partial charge in [-0.05, 0) is 63.2 Å². The average Bonchev–Trinajstić information content (AvgIpc) is 2.93. The van der Waals surface area contributed by atoms with E-state index in [4.69, 9.17) is 5.84 Å². The molecule has 0 aliphatic carbocycles. The van der Waals surface area contributed by atoms with Crippen LogP contribution in [-0.4, -0.2) is 23.5 Å². The van der Waals surface area contributed by atoms with Gasteiger partial charge in [-0.25, -0.2) is 0 Å². The van der Waals surface area contributed by atoms with Crippen LogP contribution in [-0.2, 0) is 6.42 Å². The highest BCUT2D eigenvalue weighted by Crippen LogP contribution is 2.33. The molecule has 0 aromatic heterocycles. The number of hydrogen-bond donors (Lipinski definition) is 2. The number of hydrogen-bond acceptors (Lipinski definition) is 3. The molecule has 3 N–H and O–H groups in total. The SMILES string of the molecule is CC(C)Cc1cccc(C(NN)C(C)(C)N2CCCC2)c1. The molecule has 0 saturated carbocycles. The second-order valence-electron chi connectivity index (χ2n) is 7.29. The molecule has 21 heavy (non-hydrogen) atoms. The predicted molar refractivity (Wildman–Crippen MR) is 89.9 cm³/mol. The van der Waals surface area contributed by atoms with E-state index in [1.165, 1.54) is 37.1 Å². The van der Waals surface area contributed by atoms with Crippen LogP contribution in [0.5, 0.6) is 0 Å². The van der Waals surface area contributed by atoms with Gasteiger partial charge in [0.15, 0.2) is 0 Å². The Hall–Kier alpha value is -0.900. The van der Waals surface area contributed by atoms with Crippen LogP contribution in [0.2, 0.25) is 0 Å². The van der Waals surface area contributed by atoms with E-state index in [-0.39, 0.29) is 11.6 Å². The Morgan fingerprint density at radius 1 is 1.24 bits per heavy atom.